The predicted octanol–water partition coefficient (Wildman–Crippen LogP) is 12.3. The van der Waals surface area contributed by atoms with Gasteiger partial charge in [-0.2, -0.15) is 0 Å². The van der Waals surface area contributed by atoms with Gasteiger partial charge < -0.3 is 18.2 Å². The van der Waals surface area contributed by atoms with E-state index in [9.17, 15) is 0 Å². The van der Waals surface area contributed by atoms with E-state index in [-0.39, 0.29) is 17.7 Å². The minimum atomic E-state index is -0.130. The first-order valence-corrected chi connectivity index (χ1v) is 20.0. The van der Waals surface area contributed by atoms with E-state index in [1.165, 1.54) is 55.2 Å². The van der Waals surface area contributed by atoms with Crippen molar-refractivity contribution in [1.82, 2.24) is 9.55 Å². The Balaban J connectivity index is 1.23. The zero-order valence-corrected chi connectivity index (χ0v) is 32.9. The zero-order chi connectivity index (χ0) is 38.5. The predicted molar refractivity (Wildman–Crippen MR) is 238 cm³/mol. The molecule has 3 aromatic heterocycles. The third kappa shape index (κ3) is 4.55. The molecule has 5 heterocycles. The number of benzene rings is 7. The van der Waals surface area contributed by atoms with E-state index in [0.717, 1.165) is 55.5 Å². The normalized spacial score (nSPS) is 13.7. The molecule has 5 nitrogen and oxygen atoms in total. The standard InChI is InChI=1S/C51H40BN3O2/c1-50(2,3)30-16-19-32(20-17-30)55-41-23-18-31(51(4,5)6)24-36(41)34-21-22-35-37-25-38-33-14-10-11-15-44(33)56-45(38)27-42(37)54-43-28-46-40(26-39(43)52(55)47(34)48(35)54)53-49(57-46)29-12-8-7-9-13-29/h7-28H,1-6H3. The largest absolute Gasteiger partial charge is 0.456 e. The third-order valence-corrected chi connectivity index (χ3v) is 12.5. The number of furan rings is 1. The molecule has 0 bridgehead atoms. The molecule has 0 spiro atoms. The summed E-state index contributed by atoms with van der Waals surface area (Å²) in [5, 5.41) is 4.70. The van der Waals surface area contributed by atoms with Gasteiger partial charge in [0.1, 0.15) is 16.7 Å². The maximum Gasteiger partial charge on any atom is 0.333 e. The van der Waals surface area contributed by atoms with Gasteiger partial charge in [0.2, 0.25) is 5.89 Å². The summed E-state index contributed by atoms with van der Waals surface area (Å²) < 4.78 is 15.6. The van der Waals surface area contributed by atoms with Crippen molar-refractivity contribution in [1.29, 1.82) is 0 Å². The van der Waals surface area contributed by atoms with Gasteiger partial charge in [-0.15, -0.1) is 0 Å². The van der Waals surface area contributed by atoms with E-state index in [1.54, 1.807) is 0 Å². The SMILES string of the molecule is CC(C)(C)c1ccc(N2B3c4cc5nc(-c6ccccc6)oc5cc4-n4c5cc6oc7ccccc7c6cc5c5ccc(c3c54)-c3cc(C(C)(C)C)ccc32)cc1. The van der Waals surface area contributed by atoms with Crippen LogP contribution in [0.3, 0.4) is 0 Å². The van der Waals surface area contributed by atoms with Crippen molar-refractivity contribution in [3.8, 4) is 28.3 Å². The van der Waals surface area contributed by atoms with Crippen molar-refractivity contribution in [3.05, 3.63) is 145 Å². The molecule has 57 heavy (non-hydrogen) atoms. The molecule has 0 amide bonds. The lowest BCUT2D eigenvalue weighted by Crippen LogP contribution is -2.60. The van der Waals surface area contributed by atoms with Gasteiger partial charge in [0.15, 0.2) is 5.58 Å². The number of rotatable bonds is 2. The van der Waals surface area contributed by atoms with Gasteiger partial charge in [-0.25, -0.2) is 4.98 Å². The number of oxazole rings is 1. The topological polar surface area (TPSA) is 47.3 Å². The second kappa shape index (κ2) is 11.1. The summed E-state index contributed by atoms with van der Waals surface area (Å²) in [6.45, 7) is 13.6. The molecule has 2 aliphatic rings. The van der Waals surface area contributed by atoms with Gasteiger partial charge in [-0.1, -0.05) is 108 Å². The highest BCUT2D eigenvalue weighted by Crippen LogP contribution is 2.47. The first-order valence-electron chi connectivity index (χ1n) is 20.0. The van der Waals surface area contributed by atoms with Crippen LogP contribution in [0.15, 0.2) is 142 Å². The van der Waals surface area contributed by atoms with Crippen LogP contribution < -0.4 is 15.7 Å². The van der Waals surface area contributed by atoms with Gasteiger partial charge >= 0.3 is 6.85 Å². The van der Waals surface area contributed by atoms with Crippen LogP contribution in [-0.4, -0.2) is 16.4 Å². The van der Waals surface area contributed by atoms with Crippen LogP contribution in [0, 0.1) is 0 Å². The van der Waals surface area contributed by atoms with Crippen molar-refractivity contribution in [2.24, 2.45) is 0 Å². The van der Waals surface area contributed by atoms with Crippen LogP contribution >= 0.6 is 0 Å². The Labute approximate surface area is 331 Å². The van der Waals surface area contributed by atoms with E-state index in [0.29, 0.717) is 5.89 Å². The molecule has 0 radical (unpaired) electrons. The second-order valence-electron chi connectivity index (χ2n) is 18.0. The number of hydrogen-bond acceptors (Lipinski definition) is 4. The second-order valence-corrected chi connectivity index (χ2v) is 18.0. The fourth-order valence-electron chi connectivity index (χ4n) is 9.61. The van der Waals surface area contributed by atoms with Crippen molar-refractivity contribution in [2.45, 2.75) is 52.4 Å². The van der Waals surface area contributed by atoms with Gasteiger partial charge in [0.05, 0.1) is 11.0 Å². The lowest BCUT2D eigenvalue weighted by molar-refractivity contribution is 0.590. The van der Waals surface area contributed by atoms with E-state index < -0.39 is 0 Å². The first-order chi connectivity index (χ1) is 27.5. The maximum atomic E-state index is 6.61. The summed E-state index contributed by atoms with van der Waals surface area (Å²) in [5.74, 6) is 0.621. The molecule has 274 valence electrons. The molecule has 0 fully saturated rings. The molecular formula is C51H40BN3O2. The Morgan fingerprint density at radius 1 is 0.544 bits per heavy atom. The van der Waals surface area contributed by atoms with Crippen LogP contribution in [0.4, 0.5) is 11.4 Å². The molecule has 0 saturated carbocycles. The minimum absolute atomic E-state index is 0.0141. The Bertz CT molecular complexity index is 3320. The van der Waals surface area contributed by atoms with E-state index in [4.69, 9.17) is 13.8 Å². The van der Waals surface area contributed by atoms with Gasteiger partial charge in [0, 0.05) is 61.9 Å². The summed E-state index contributed by atoms with van der Waals surface area (Å²) in [7, 11) is 0. The summed E-state index contributed by atoms with van der Waals surface area (Å²) in [6, 6.07) is 48.8. The maximum absolute atomic E-state index is 6.61. The highest BCUT2D eigenvalue weighted by atomic mass is 16.3. The molecule has 6 heteroatoms. The molecule has 2 aliphatic heterocycles. The molecule has 0 saturated heterocycles. The van der Waals surface area contributed by atoms with Crippen LogP contribution in [0.2, 0.25) is 0 Å². The summed E-state index contributed by atoms with van der Waals surface area (Å²) in [4.78, 5) is 7.71. The van der Waals surface area contributed by atoms with Crippen molar-refractivity contribution in [2.75, 3.05) is 4.81 Å². The molecule has 10 aromatic rings. The van der Waals surface area contributed by atoms with E-state index in [2.05, 4.69) is 160 Å². The highest BCUT2D eigenvalue weighted by molar-refractivity contribution is 6.93. The Kier molecular flexibility index (Phi) is 6.35. The number of hydrogen-bond donors (Lipinski definition) is 0. The van der Waals surface area contributed by atoms with E-state index in [1.807, 2.05) is 24.3 Å². The number of fused-ring (bicyclic) bond motifs is 12. The van der Waals surface area contributed by atoms with Crippen molar-refractivity contribution < 1.29 is 8.83 Å². The molecule has 0 atom stereocenters. The highest BCUT2D eigenvalue weighted by Gasteiger charge is 2.44. The Hall–Kier alpha value is -6.53. The third-order valence-electron chi connectivity index (χ3n) is 12.5. The van der Waals surface area contributed by atoms with Gasteiger partial charge in [0.25, 0.3) is 0 Å². The minimum Gasteiger partial charge on any atom is -0.456 e. The fourth-order valence-corrected chi connectivity index (χ4v) is 9.61. The number of aromatic nitrogens is 2. The van der Waals surface area contributed by atoms with E-state index >= 15 is 0 Å². The van der Waals surface area contributed by atoms with Crippen molar-refractivity contribution in [3.63, 3.8) is 0 Å². The molecule has 0 N–H and O–H groups in total. The lowest BCUT2D eigenvalue weighted by Gasteiger charge is -2.42. The first kappa shape index (κ1) is 32.7. The average molecular weight is 738 g/mol. The summed E-state index contributed by atoms with van der Waals surface area (Å²) in [5.41, 5.74) is 17.8. The number of para-hydroxylation sites is 1. The Morgan fingerprint density at radius 3 is 2.09 bits per heavy atom. The molecular weight excluding hydrogens is 697 g/mol. The van der Waals surface area contributed by atoms with Crippen LogP contribution in [0.1, 0.15) is 52.7 Å². The molecule has 0 aliphatic carbocycles. The Morgan fingerprint density at radius 2 is 1.30 bits per heavy atom. The van der Waals surface area contributed by atoms with Crippen molar-refractivity contribution >= 4 is 84.0 Å². The van der Waals surface area contributed by atoms with Crippen LogP contribution in [0.25, 0.3) is 83.1 Å². The van der Waals surface area contributed by atoms with Crippen LogP contribution in [0.5, 0.6) is 0 Å². The molecule has 0 unspecified atom stereocenters. The average Bonchev–Trinajstić information content (AvgIpc) is 3.89. The summed E-state index contributed by atoms with van der Waals surface area (Å²) in [6.07, 6.45) is 0. The molecule has 7 aromatic carbocycles. The monoisotopic (exact) mass is 737 g/mol. The molecule has 12 rings (SSSR count). The van der Waals surface area contributed by atoms with Gasteiger partial charge in [-0.3, -0.25) is 0 Å². The van der Waals surface area contributed by atoms with Crippen LogP contribution in [-0.2, 0) is 10.8 Å². The number of anilines is 2. The fraction of sp³-hybridized carbons (Fsp3) is 0.157. The van der Waals surface area contributed by atoms with Gasteiger partial charge in [-0.05, 0) is 93.0 Å². The zero-order valence-electron chi connectivity index (χ0n) is 32.9. The lowest BCUT2D eigenvalue weighted by atomic mass is 9.44. The number of nitrogens with zero attached hydrogens (tertiary/aromatic N) is 3. The quantitative estimate of drug-likeness (QED) is 0.166. The smallest absolute Gasteiger partial charge is 0.333 e. The summed E-state index contributed by atoms with van der Waals surface area (Å²) >= 11 is 0.